The lowest BCUT2D eigenvalue weighted by Gasteiger charge is -2.20. The lowest BCUT2D eigenvalue weighted by Crippen LogP contribution is -2.25. The number of para-hydroxylation sites is 1. The van der Waals surface area contributed by atoms with Crippen LogP contribution in [0.5, 0.6) is 0 Å². The molecule has 1 aromatic carbocycles. The second kappa shape index (κ2) is 6.29. The summed E-state index contributed by atoms with van der Waals surface area (Å²) in [5, 5.41) is 6.34. The highest BCUT2D eigenvalue weighted by atomic mass is 127. The number of nitrogens with one attached hydrogen (secondary N) is 2. The molecule has 3 rings (SSSR count). The largest absolute Gasteiger partial charge is 0.325 e. The van der Waals surface area contributed by atoms with Crippen LogP contribution in [0, 0.1) is 3.57 Å². The Labute approximate surface area is 140 Å². The molecule has 2 aromatic rings. The number of fused-ring (bicyclic) bond motifs is 1. The molecule has 1 aromatic heterocycles. The van der Waals surface area contributed by atoms with Gasteiger partial charge in [0.05, 0.1) is 11.4 Å². The predicted molar refractivity (Wildman–Crippen MR) is 94.0 cm³/mol. The van der Waals surface area contributed by atoms with Gasteiger partial charge in [-0.25, -0.2) is 9.78 Å². The third-order valence-corrected chi connectivity index (χ3v) is 5.20. The number of thiazole rings is 1. The third kappa shape index (κ3) is 3.53. The number of rotatable bonds is 2. The van der Waals surface area contributed by atoms with E-state index in [2.05, 4.69) is 50.2 Å². The maximum absolute atomic E-state index is 12.0. The number of urea groups is 1. The van der Waals surface area contributed by atoms with Crippen molar-refractivity contribution in [1.29, 1.82) is 0 Å². The molecule has 0 atom stereocenters. The molecule has 0 fully saturated rings. The van der Waals surface area contributed by atoms with Gasteiger partial charge in [0.25, 0.3) is 0 Å². The Kier molecular flexibility index (Phi) is 4.41. The summed E-state index contributed by atoms with van der Waals surface area (Å²) in [6.45, 7) is 1.93. The second-order valence-corrected chi connectivity index (χ2v) is 7.18. The minimum atomic E-state index is -0.251. The van der Waals surface area contributed by atoms with E-state index in [1.807, 2.05) is 24.3 Å². The Bertz CT molecular complexity index is 673. The van der Waals surface area contributed by atoms with Crippen LogP contribution < -0.4 is 10.6 Å². The standard InChI is InChI=1S/C14H15IN4OS/c1-19-7-6-11-12(8-19)21-14(17-11)18-13(20)16-10-5-3-2-4-9(10)15/h2-5H,6-8H2,1H3,(H2,16,17,18,20). The number of carbonyl (C=O) groups excluding carboxylic acids is 1. The van der Waals surface area contributed by atoms with Gasteiger partial charge in [0, 0.05) is 28.0 Å². The van der Waals surface area contributed by atoms with Gasteiger partial charge < -0.3 is 10.2 Å². The summed E-state index contributed by atoms with van der Waals surface area (Å²) in [6.07, 6.45) is 0.947. The van der Waals surface area contributed by atoms with Gasteiger partial charge in [-0.1, -0.05) is 12.1 Å². The number of anilines is 2. The number of hydrogen-bond acceptors (Lipinski definition) is 4. The second-order valence-electron chi connectivity index (χ2n) is 4.94. The van der Waals surface area contributed by atoms with E-state index in [9.17, 15) is 4.79 Å². The Morgan fingerprint density at radius 3 is 3.00 bits per heavy atom. The predicted octanol–water partition coefficient (Wildman–Crippen LogP) is 3.38. The fraction of sp³-hybridized carbons (Fsp3) is 0.286. The smallest absolute Gasteiger partial charge is 0.307 e. The number of amides is 2. The van der Waals surface area contributed by atoms with E-state index in [0.29, 0.717) is 5.13 Å². The van der Waals surface area contributed by atoms with Gasteiger partial charge >= 0.3 is 6.03 Å². The third-order valence-electron chi connectivity index (χ3n) is 3.26. The van der Waals surface area contributed by atoms with E-state index in [1.54, 1.807) is 11.3 Å². The maximum atomic E-state index is 12.0. The Hall–Kier alpha value is -1.19. The van der Waals surface area contributed by atoms with Crippen molar-refractivity contribution in [3.63, 3.8) is 0 Å². The summed E-state index contributed by atoms with van der Waals surface area (Å²) >= 11 is 3.75. The molecule has 21 heavy (non-hydrogen) atoms. The first-order valence-electron chi connectivity index (χ1n) is 6.61. The van der Waals surface area contributed by atoms with Crippen LogP contribution in [-0.2, 0) is 13.0 Å². The van der Waals surface area contributed by atoms with Crippen molar-refractivity contribution in [3.8, 4) is 0 Å². The summed E-state index contributed by atoms with van der Waals surface area (Å²) in [6, 6.07) is 7.42. The minimum Gasteiger partial charge on any atom is -0.307 e. The Morgan fingerprint density at radius 1 is 1.38 bits per heavy atom. The molecule has 0 bridgehead atoms. The number of carbonyl (C=O) groups is 1. The van der Waals surface area contributed by atoms with Gasteiger partial charge in [-0.3, -0.25) is 5.32 Å². The number of hydrogen-bond donors (Lipinski definition) is 2. The van der Waals surface area contributed by atoms with Crippen LogP contribution in [0.3, 0.4) is 0 Å². The highest BCUT2D eigenvalue weighted by Crippen LogP contribution is 2.27. The van der Waals surface area contributed by atoms with E-state index in [0.717, 1.165) is 34.5 Å². The lowest BCUT2D eigenvalue weighted by molar-refractivity contribution is 0.262. The summed E-state index contributed by atoms with van der Waals surface area (Å²) in [5.74, 6) is 0. The molecule has 0 spiro atoms. The van der Waals surface area contributed by atoms with Crippen molar-refractivity contribution in [2.75, 3.05) is 24.2 Å². The van der Waals surface area contributed by atoms with Crippen LogP contribution in [0.15, 0.2) is 24.3 Å². The van der Waals surface area contributed by atoms with Crippen LogP contribution in [0.4, 0.5) is 15.6 Å². The van der Waals surface area contributed by atoms with E-state index in [-0.39, 0.29) is 6.03 Å². The lowest BCUT2D eigenvalue weighted by atomic mass is 10.2. The average molecular weight is 414 g/mol. The maximum Gasteiger partial charge on any atom is 0.325 e. The SMILES string of the molecule is CN1CCc2nc(NC(=O)Nc3ccccc3I)sc2C1. The summed E-state index contributed by atoms with van der Waals surface area (Å²) in [4.78, 5) is 20.1. The van der Waals surface area contributed by atoms with E-state index in [4.69, 9.17) is 0 Å². The quantitative estimate of drug-likeness (QED) is 0.741. The molecule has 7 heteroatoms. The van der Waals surface area contributed by atoms with Gasteiger partial charge in [0.2, 0.25) is 0 Å². The molecule has 1 aliphatic rings. The first-order valence-corrected chi connectivity index (χ1v) is 8.51. The van der Waals surface area contributed by atoms with Gasteiger partial charge in [-0.15, -0.1) is 11.3 Å². The van der Waals surface area contributed by atoms with Crippen molar-refractivity contribution >= 4 is 50.8 Å². The highest BCUT2D eigenvalue weighted by molar-refractivity contribution is 14.1. The van der Waals surface area contributed by atoms with Gasteiger partial charge in [0.1, 0.15) is 0 Å². The average Bonchev–Trinajstić information content (AvgIpc) is 2.82. The molecule has 0 radical (unpaired) electrons. The summed E-state index contributed by atoms with van der Waals surface area (Å²) in [7, 11) is 2.10. The molecular formula is C14H15IN4OS. The number of benzene rings is 1. The topological polar surface area (TPSA) is 57.3 Å². The number of halogens is 1. The van der Waals surface area contributed by atoms with Crippen molar-refractivity contribution in [2.45, 2.75) is 13.0 Å². The normalized spacial score (nSPS) is 14.6. The zero-order chi connectivity index (χ0) is 14.8. The van der Waals surface area contributed by atoms with Crippen molar-refractivity contribution in [3.05, 3.63) is 38.4 Å². The first-order chi connectivity index (χ1) is 10.1. The summed E-state index contributed by atoms with van der Waals surface area (Å²) in [5.41, 5.74) is 1.92. The Morgan fingerprint density at radius 2 is 2.19 bits per heavy atom. The summed E-state index contributed by atoms with van der Waals surface area (Å²) < 4.78 is 1.00. The van der Waals surface area contributed by atoms with Gasteiger partial charge in [-0.05, 0) is 41.8 Å². The number of aromatic nitrogens is 1. The van der Waals surface area contributed by atoms with E-state index in [1.165, 1.54) is 4.88 Å². The fourth-order valence-corrected chi connectivity index (χ4v) is 3.80. The fourth-order valence-electron chi connectivity index (χ4n) is 2.19. The van der Waals surface area contributed by atoms with Crippen LogP contribution in [0.1, 0.15) is 10.6 Å². The first kappa shape index (κ1) is 14.7. The van der Waals surface area contributed by atoms with Crippen molar-refractivity contribution in [1.82, 2.24) is 9.88 Å². The zero-order valence-corrected chi connectivity index (χ0v) is 14.5. The highest BCUT2D eigenvalue weighted by Gasteiger charge is 2.19. The zero-order valence-electron chi connectivity index (χ0n) is 11.5. The van der Waals surface area contributed by atoms with Crippen LogP contribution >= 0.6 is 33.9 Å². The number of nitrogens with zero attached hydrogens (tertiary/aromatic N) is 2. The van der Waals surface area contributed by atoms with Crippen LogP contribution in [0.25, 0.3) is 0 Å². The van der Waals surface area contributed by atoms with Gasteiger partial charge in [0.15, 0.2) is 5.13 Å². The molecule has 1 aliphatic heterocycles. The molecule has 5 nitrogen and oxygen atoms in total. The molecule has 2 N–H and O–H groups in total. The van der Waals surface area contributed by atoms with Crippen molar-refractivity contribution < 1.29 is 4.79 Å². The molecular weight excluding hydrogens is 399 g/mol. The molecule has 2 amide bonds. The molecule has 0 unspecified atom stereocenters. The molecule has 110 valence electrons. The molecule has 2 heterocycles. The van der Waals surface area contributed by atoms with Crippen molar-refractivity contribution in [2.24, 2.45) is 0 Å². The number of likely N-dealkylation sites (N-methyl/N-ethyl adjacent to an activating group) is 1. The molecule has 0 saturated heterocycles. The van der Waals surface area contributed by atoms with Crippen LogP contribution in [0.2, 0.25) is 0 Å². The monoisotopic (exact) mass is 414 g/mol. The van der Waals surface area contributed by atoms with Gasteiger partial charge in [-0.2, -0.15) is 0 Å². The minimum absolute atomic E-state index is 0.251. The Balaban J connectivity index is 1.67. The van der Waals surface area contributed by atoms with E-state index >= 15 is 0 Å². The van der Waals surface area contributed by atoms with E-state index < -0.39 is 0 Å². The molecule has 0 aliphatic carbocycles. The van der Waals surface area contributed by atoms with Crippen LogP contribution in [-0.4, -0.2) is 29.5 Å². The molecule has 0 saturated carbocycles.